The monoisotopic (exact) mass is 297 g/mol. The first-order valence-corrected chi connectivity index (χ1v) is 7.69. The number of carboxylic acid groups (broad SMARTS) is 1. The summed E-state index contributed by atoms with van der Waals surface area (Å²) in [6.07, 6.45) is 3.79. The van der Waals surface area contributed by atoms with Crippen molar-refractivity contribution >= 4 is 23.3 Å². The summed E-state index contributed by atoms with van der Waals surface area (Å²) in [4.78, 5) is 27.1. The summed E-state index contributed by atoms with van der Waals surface area (Å²) in [6, 6.07) is -0.312. The number of amides is 2. The highest BCUT2D eigenvalue weighted by atomic mass is 32.1. The van der Waals surface area contributed by atoms with E-state index in [1.165, 1.54) is 11.3 Å². The van der Waals surface area contributed by atoms with E-state index in [1.54, 1.807) is 5.51 Å². The summed E-state index contributed by atoms with van der Waals surface area (Å²) in [5.41, 5.74) is 1.94. The van der Waals surface area contributed by atoms with Crippen LogP contribution in [0.25, 0.3) is 0 Å². The summed E-state index contributed by atoms with van der Waals surface area (Å²) < 4.78 is 0. The number of rotatable bonds is 6. The van der Waals surface area contributed by atoms with Crippen LogP contribution in [0.2, 0.25) is 0 Å². The number of nitrogens with zero attached hydrogens (tertiary/aromatic N) is 1. The van der Waals surface area contributed by atoms with Gasteiger partial charge in [-0.2, -0.15) is 0 Å². The van der Waals surface area contributed by atoms with Crippen LogP contribution in [0.3, 0.4) is 0 Å². The molecule has 1 fully saturated rings. The Morgan fingerprint density at radius 3 is 2.70 bits per heavy atom. The minimum absolute atomic E-state index is 0.199. The number of carboxylic acids is 1. The Balaban J connectivity index is 1.70. The van der Waals surface area contributed by atoms with Crippen LogP contribution in [0.4, 0.5) is 4.79 Å². The summed E-state index contributed by atoms with van der Waals surface area (Å²) in [5, 5.41) is 16.6. The average molecular weight is 297 g/mol. The topological polar surface area (TPSA) is 91.3 Å². The van der Waals surface area contributed by atoms with Crippen molar-refractivity contribution in [3.05, 3.63) is 16.6 Å². The van der Waals surface area contributed by atoms with Gasteiger partial charge in [0.1, 0.15) is 0 Å². The molecule has 0 radical (unpaired) electrons. The maximum Gasteiger partial charge on any atom is 0.314 e. The Kier molecular flexibility index (Phi) is 4.94. The molecule has 7 heteroatoms. The van der Waals surface area contributed by atoms with Gasteiger partial charge in [0.05, 0.1) is 16.6 Å². The molecule has 1 heterocycles. The molecule has 1 aliphatic carbocycles. The highest BCUT2D eigenvalue weighted by molar-refractivity contribution is 7.07. The van der Waals surface area contributed by atoms with Crippen molar-refractivity contribution in [2.75, 3.05) is 13.1 Å². The zero-order valence-electron chi connectivity index (χ0n) is 11.2. The van der Waals surface area contributed by atoms with Crippen LogP contribution in [0.5, 0.6) is 0 Å². The van der Waals surface area contributed by atoms with Gasteiger partial charge in [-0.05, 0) is 12.8 Å². The largest absolute Gasteiger partial charge is 0.481 e. The SMILES string of the molecule is O=C(NCCc1cscn1)NCC1(C(=O)O)CCCC1. The van der Waals surface area contributed by atoms with Crippen molar-refractivity contribution in [3.8, 4) is 0 Å². The molecule has 2 rings (SSSR count). The molecule has 110 valence electrons. The number of carbonyl (C=O) groups excluding carboxylic acids is 1. The third-order valence-corrected chi connectivity index (χ3v) is 4.39. The first kappa shape index (κ1) is 14.8. The van der Waals surface area contributed by atoms with Crippen molar-refractivity contribution in [1.29, 1.82) is 0 Å². The molecule has 1 saturated carbocycles. The molecule has 0 aliphatic heterocycles. The Hall–Kier alpha value is -1.63. The number of hydrogen-bond donors (Lipinski definition) is 3. The quantitative estimate of drug-likeness (QED) is 0.744. The minimum atomic E-state index is -0.808. The van der Waals surface area contributed by atoms with E-state index in [0.717, 1.165) is 18.5 Å². The number of carbonyl (C=O) groups is 2. The minimum Gasteiger partial charge on any atom is -0.481 e. The summed E-state index contributed by atoms with van der Waals surface area (Å²) in [6.45, 7) is 0.695. The lowest BCUT2D eigenvalue weighted by atomic mass is 9.86. The van der Waals surface area contributed by atoms with Gasteiger partial charge in [0, 0.05) is 24.9 Å². The van der Waals surface area contributed by atoms with E-state index in [4.69, 9.17) is 0 Å². The van der Waals surface area contributed by atoms with Gasteiger partial charge < -0.3 is 15.7 Å². The molecule has 6 nitrogen and oxygen atoms in total. The van der Waals surface area contributed by atoms with Crippen LogP contribution in [0.1, 0.15) is 31.4 Å². The molecule has 0 aromatic carbocycles. The molecule has 1 aromatic heterocycles. The number of nitrogens with one attached hydrogen (secondary N) is 2. The molecular weight excluding hydrogens is 278 g/mol. The van der Waals surface area contributed by atoms with Gasteiger partial charge in [0.2, 0.25) is 0 Å². The summed E-state index contributed by atoms with van der Waals surface area (Å²) >= 11 is 1.52. The van der Waals surface area contributed by atoms with E-state index in [-0.39, 0.29) is 12.6 Å². The number of hydrogen-bond acceptors (Lipinski definition) is 4. The summed E-state index contributed by atoms with van der Waals surface area (Å²) in [7, 11) is 0. The third-order valence-electron chi connectivity index (χ3n) is 3.75. The molecule has 0 spiro atoms. The highest BCUT2D eigenvalue weighted by Gasteiger charge is 2.41. The van der Waals surface area contributed by atoms with E-state index in [9.17, 15) is 14.7 Å². The Morgan fingerprint density at radius 1 is 1.35 bits per heavy atom. The summed E-state index contributed by atoms with van der Waals surface area (Å²) in [5.74, 6) is -0.808. The van der Waals surface area contributed by atoms with Crippen LogP contribution in [-0.4, -0.2) is 35.2 Å². The Morgan fingerprint density at radius 2 is 2.10 bits per heavy atom. The fourth-order valence-corrected chi connectivity index (χ4v) is 3.09. The number of aliphatic carboxylic acids is 1. The molecular formula is C13H19N3O3S. The zero-order chi connectivity index (χ0) is 14.4. The predicted octanol–water partition coefficient (Wildman–Crippen LogP) is 1.63. The van der Waals surface area contributed by atoms with E-state index in [0.29, 0.717) is 25.8 Å². The van der Waals surface area contributed by atoms with Gasteiger partial charge in [0.25, 0.3) is 0 Å². The van der Waals surface area contributed by atoms with E-state index < -0.39 is 11.4 Å². The lowest BCUT2D eigenvalue weighted by Gasteiger charge is -2.23. The predicted molar refractivity (Wildman–Crippen MR) is 75.8 cm³/mol. The Labute approximate surface area is 121 Å². The fraction of sp³-hybridized carbons (Fsp3) is 0.615. The maximum absolute atomic E-state index is 11.7. The molecule has 1 aliphatic rings. The van der Waals surface area contributed by atoms with E-state index in [2.05, 4.69) is 15.6 Å². The number of thiazole rings is 1. The molecule has 1 aromatic rings. The first-order chi connectivity index (χ1) is 9.62. The van der Waals surface area contributed by atoms with E-state index in [1.807, 2.05) is 5.38 Å². The average Bonchev–Trinajstić information content (AvgIpc) is 3.08. The lowest BCUT2D eigenvalue weighted by Crippen LogP contribution is -2.45. The van der Waals surface area contributed by atoms with Crippen LogP contribution >= 0.6 is 11.3 Å². The van der Waals surface area contributed by atoms with Crippen molar-refractivity contribution < 1.29 is 14.7 Å². The van der Waals surface area contributed by atoms with Crippen LogP contribution in [-0.2, 0) is 11.2 Å². The molecule has 2 amide bonds. The molecule has 0 saturated heterocycles. The van der Waals surface area contributed by atoms with Gasteiger partial charge in [0.15, 0.2) is 0 Å². The molecule has 20 heavy (non-hydrogen) atoms. The fourth-order valence-electron chi connectivity index (χ4n) is 2.50. The normalized spacial score (nSPS) is 16.8. The second-order valence-electron chi connectivity index (χ2n) is 5.13. The molecule has 0 unspecified atom stereocenters. The number of urea groups is 1. The first-order valence-electron chi connectivity index (χ1n) is 6.75. The Bertz CT molecular complexity index is 455. The van der Waals surface area contributed by atoms with Crippen molar-refractivity contribution in [2.45, 2.75) is 32.1 Å². The van der Waals surface area contributed by atoms with Crippen molar-refractivity contribution in [2.24, 2.45) is 5.41 Å². The van der Waals surface area contributed by atoms with E-state index >= 15 is 0 Å². The zero-order valence-corrected chi connectivity index (χ0v) is 12.0. The van der Waals surface area contributed by atoms with Gasteiger partial charge in [-0.1, -0.05) is 12.8 Å². The maximum atomic E-state index is 11.7. The van der Waals surface area contributed by atoms with Crippen LogP contribution < -0.4 is 10.6 Å². The van der Waals surface area contributed by atoms with Crippen molar-refractivity contribution in [3.63, 3.8) is 0 Å². The van der Waals surface area contributed by atoms with Gasteiger partial charge in [-0.25, -0.2) is 9.78 Å². The van der Waals surface area contributed by atoms with Crippen LogP contribution in [0.15, 0.2) is 10.9 Å². The molecule has 3 N–H and O–H groups in total. The standard InChI is InChI=1S/C13H19N3O3S/c17-11(18)13(4-1-2-5-13)8-15-12(19)14-6-3-10-7-20-9-16-10/h7,9H,1-6,8H2,(H,17,18)(H2,14,15,19). The van der Waals surface area contributed by atoms with Gasteiger partial charge in [-0.3, -0.25) is 4.79 Å². The van der Waals surface area contributed by atoms with Gasteiger partial charge >= 0.3 is 12.0 Å². The molecule has 0 bridgehead atoms. The number of aromatic nitrogens is 1. The lowest BCUT2D eigenvalue weighted by molar-refractivity contribution is -0.148. The smallest absolute Gasteiger partial charge is 0.314 e. The van der Waals surface area contributed by atoms with Gasteiger partial charge in [-0.15, -0.1) is 11.3 Å². The van der Waals surface area contributed by atoms with Crippen molar-refractivity contribution in [1.82, 2.24) is 15.6 Å². The molecule has 0 atom stereocenters. The van der Waals surface area contributed by atoms with Crippen LogP contribution in [0, 0.1) is 5.41 Å². The highest BCUT2D eigenvalue weighted by Crippen LogP contribution is 2.37. The third kappa shape index (κ3) is 3.69. The second-order valence-corrected chi connectivity index (χ2v) is 5.85. The second kappa shape index (κ2) is 6.69.